The van der Waals surface area contributed by atoms with Gasteiger partial charge in [0.05, 0.1) is 0 Å². The number of carbonyl (C=O) groups excluding carboxylic acids is 1. The van der Waals surface area contributed by atoms with Crippen molar-refractivity contribution in [2.24, 2.45) is 0 Å². The minimum atomic E-state index is -0.656. The number of aryl methyl sites for hydroxylation is 2. The van der Waals surface area contributed by atoms with Crippen molar-refractivity contribution in [3.05, 3.63) is 93.9 Å². The first-order valence-electron chi connectivity index (χ1n) is 10.8. The van der Waals surface area contributed by atoms with E-state index in [0.29, 0.717) is 11.4 Å². The monoisotopic (exact) mass is 443 g/mol. The lowest BCUT2D eigenvalue weighted by Crippen LogP contribution is -2.27. The molecule has 8 heteroatoms. The number of hydrogen-bond donors (Lipinski definition) is 1. The predicted molar refractivity (Wildman–Crippen MR) is 123 cm³/mol. The molecule has 0 aliphatic carbocycles. The van der Waals surface area contributed by atoms with Crippen molar-refractivity contribution in [2.75, 3.05) is 5.32 Å². The lowest BCUT2D eigenvalue weighted by molar-refractivity contribution is 0.101. The highest BCUT2D eigenvalue weighted by molar-refractivity contribution is 6.02. The number of carbonyl (C=O) groups is 1. The van der Waals surface area contributed by atoms with Crippen LogP contribution in [0.2, 0.25) is 0 Å². The Morgan fingerprint density at radius 2 is 1.88 bits per heavy atom. The minimum Gasteiger partial charge on any atom is -0.328 e. The largest absolute Gasteiger partial charge is 0.328 e. The quantitative estimate of drug-likeness (QED) is 0.514. The van der Waals surface area contributed by atoms with Gasteiger partial charge in [-0.15, -0.1) is 0 Å². The third-order valence-electron chi connectivity index (χ3n) is 5.81. The van der Waals surface area contributed by atoms with Gasteiger partial charge in [-0.3, -0.25) is 9.59 Å². The average molecular weight is 443 g/mol. The SMILES string of the molecule is Cc1cc(=O)c(C(=O)Nc2ccc(-c3ncc4n3CCCC4)cc2)nn1-c1ccccc1F. The van der Waals surface area contributed by atoms with Crippen LogP contribution >= 0.6 is 0 Å². The summed E-state index contributed by atoms with van der Waals surface area (Å²) in [5, 5.41) is 6.86. The number of hydrogen-bond acceptors (Lipinski definition) is 4. The third-order valence-corrected chi connectivity index (χ3v) is 5.81. The van der Waals surface area contributed by atoms with Gasteiger partial charge in [0.2, 0.25) is 5.43 Å². The number of anilines is 1. The van der Waals surface area contributed by atoms with E-state index in [2.05, 4.69) is 20.0 Å². The zero-order valence-corrected chi connectivity index (χ0v) is 18.1. The third kappa shape index (κ3) is 3.95. The van der Waals surface area contributed by atoms with Gasteiger partial charge in [-0.25, -0.2) is 14.1 Å². The molecule has 5 rings (SSSR count). The Bertz CT molecular complexity index is 1410. The first-order chi connectivity index (χ1) is 16.0. The minimum absolute atomic E-state index is 0.163. The molecular formula is C25H22FN5O2. The van der Waals surface area contributed by atoms with Crippen LogP contribution in [0.4, 0.5) is 10.1 Å². The molecule has 0 unspecified atom stereocenters. The number of nitrogens with zero attached hydrogens (tertiary/aromatic N) is 4. The summed E-state index contributed by atoms with van der Waals surface area (Å²) in [7, 11) is 0. The van der Waals surface area contributed by atoms with Crippen molar-refractivity contribution < 1.29 is 9.18 Å². The summed E-state index contributed by atoms with van der Waals surface area (Å²) in [6, 6.07) is 14.6. The second-order valence-corrected chi connectivity index (χ2v) is 8.08. The van der Waals surface area contributed by atoms with Crippen molar-refractivity contribution >= 4 is 11.6 Å². The molecule has 1 aliphatic rings. The number of aromatic nitrogens is 4. The van der Waals surface area contributed by atoms with Crippen LogP contribution in [0.1, 0.15) is 34.7 Å². The standard InChI is InChI=1S/C25H22FN5O2/c1-16-14-22(32)23(29-31(16)21-8-3-2-7-20(21)26)25(33)28-18-11-9-17(10-12-18)24-27-15-19-6-4-5-13-30(19)24/h2-3,7-12,14-15H,4-6,13H2,1H3,(H,28,33). The maximum absolute atomic E-state index is 14.2. The summed E-state index contributed by atoms with van der Waals surface area (Å²) in [5.41, 5.74) is 2.47. The van der Waals surface area contributed by atoms with Crippen molar-refractivity contribution in [3.8, 4) is 17.1 Å². The first kappa shape index (κ1) is 20.8. The molecule has 0 atom stereocenters. The number of benzene rings is 2. The van der Waals surface area contributed by atoms with E-state index in [1.807, 2.05) is 18.3 Å². The van der Waals surface area contributed by atoms with Gasteiger partial charge in [0.25, 0.3) is 5.91 Å². The van der Waals surface area contributed by atoms with E-state index in [0.717, 1.165) is 30.8 Å². The second kappa shape index (κ2) is 8.46. The summed E-state index contributed by atoms with van der Waals surface area (Å²) in [4.78, 5) is 29.8. The first-order valence-corrected chi connectivity index (χ1v) is 10.8. The molecular weight excluding hydrogens is 421 g/mol. The Balaban J connectivity index is 1.40. The van der Waals surface area contributed by atoms with Crippen LogP contribution in [0, 0.1) is 12.7 Å². The van der Waals surface area contributed by atoms with E-state index in [4.69, 9.17) is 0 Å². The van der Waals surface area contributed by atoms with Crippen molar-refractivity contribution in [1.82, 2.24) is 19.3 Å². The van der Waals surface area contributed by atoms with Crippen LogP contribution in [0.3, 0.4) is 0 Å². The maximum Gasteiger partial charge on any atom is 0.280 e. The zero-order valence-electron chi connectivity index (χ0n) is 18.1. The maximum atomic E-state index is 14.2. The van der Waals surface area contributed by atoms with Crippen molar-refractivity contribution in [3.63, 3.8) is 0 Å². The number of para-hydroxylation sites is 1. The molecule has 33 heavy (non-hydrogen) atoms. The lowest BCUT2D eigenvalue weighted by Gasteiger charge is -2.16. The molecule has 2 aromatic heterocycles. The van der Waals surface area contributed by atoms with Crippen LogP contribution in [0.15, 0.2) is 65.6 Å². The Morgan fingerprint density at radius 1 is 1.09 bits per heavy atom. The van der Waals surface area contributed by atoms with Crippen LogP contribution in [-0.4, -0.2) is 25.2 Å². The van der Waals surface area contributed by atoms with Crippen LogP contribution in [0.25, 0.3) is 17.1 Å². The Morgan fingerprint density at radius 3 is 2.67 bits per heavy atom. The normalized spacial score (nSPS) is 12.9. The summed E-state index contributed by atoms with van der Waals surface area (Å²) in [5.74, 6) is -0.244. The highest BCUT2D eigenvalue weighted by Gasteiger charge is 2.18. The van der Waals surface area contributed by atoms with E-state index >= 15 is 0 Å². The smallest absolute Gasteiger partial charge is 0.280 e. The number of halogens is 1. The molecule has 0 radical (unpaired) electrons. The fourth-order valence-corrected chi connectivity index (χ4v) is 4.13. The zero-order chi connectivity index (χ0) is 22.9. The van der Waals surface area contributed by atoms with E-state index in [1.165, 1.54) is 35.0 Å². The Kier molecular flexibility index (Phi) is 5.34. The predicted octanol–water partition coefficient (Wildman–Crippen LogP) is 4.13. The van der Waals surface area contributed by atoms with Crippen LogP contribution in [0.5, 0.6) is 0 Å². The molecule has 0 spiro atoms. The number of nitrogens with one attached hydrogen (secondary N) is 1. The van der Waals surface area contributed by atoms with Gasteiger partial charge in [0, 0.05) is 41.4 Å². The fraction of sp³-hybridized carbons (Fsp3) is 0.200. The molecule has 1 aliphatic heterocycles. The molecule has 1 amide bonds. The van der Waals surface area contributed by atoms with E-state index < -0.39 is 17.2 Å². The number of rotatable bonds is 4. The number of amides is 1. The second-order valence-electron chi connectivity index (χ2n) is 8.08. The van der Waals surface area contributed by atoms with E-state index in [-0.39, 0.29) is 11.4 Å². The van der Waals surface area contributed by atoms with E-state index in [9.17, 15) is 14.0 Å². The lowest BCUT2D eigenvalue weighted by atomic mass is 10.1. The highest BCUT2D eigenvalue weighted by Crippen LogP contribution is 2.25. The molecule has 0 bridgehead atoms. The Labute approximate surface area is 189 Å². The van der Waals surface area contributed by atoms with Crippen LogP contribution in [-0.2, 0) is 13.0 Å². The van der Waals surface area contributed by atoms with Gasteiger partial charge in [0.15, 0.2) is 5.69 Å². The molecule has 166 valence electrons. The molecule has 1 N–H and O–H groups in total. The van der Waals surface area contributed by atoms with Crippen LogP contribution < -0.4 is 10.7 Å². The summed E-state index contributed by atoms with van der Waals surface area (Å²) >= 11 is 0. The molecule has 3 heterocycles. The van der Waals surface area contributed by atoms with Gasteiger partial charge in [-0.2, -0.15) is 5.10 Å². The molecule has 7 nitrogen and oxygen atoms in total. The molecule has 0 saturated heterocycles. The van der Waals surface area contributed by atoms with Gasteiger partial charge in [-0.05, 0) is 62.6 Å². The van der Waals surface area contributed by atoms with Crippen molar-refractivity contribution in [1.29, 1.82) is 0 Å². The summed E-state index contributed by atoms with van der Waals surface area (Å²) < 4.78 is 17.7. The average Bonchev–Trinajstić information content (AvgIpc) is 3.24. The van der Waals surface area contributed by atoms with E-state index in [1.54, 1.807) is 31.2 Å². The summed E-state index contributed by atoms with van der Waals surface area (Å²) in [6.45, 7) is 2.59. The topological polar surface area (TPSA) is 81.8 Å². The van der Waals surface area contributed by atoms with Gasteiger partial charge < -0.3 is 9.88 Å². The molecule has 0 saturated carbocycles. The van der Waals surface area contributed by atoms with Gasteiger partial charge >= 0.3 is 0 Å². The fourth-order valence-electron chi connectivity index (χ4n) is 4.13. The number of fused-ring (bicyclic) bond motifs is 1. The van der Waals surface area contributed by atoms with Gasteiger partial charge in [0.1, 0.15) is 17.3 Å². The molecule has 4 aromatic rings. The van der Waals surface area contributed by atoms with Crippen molar-refractivity contribution in [2.45, 2.75) is 32.7 Å². The van der Waals surface area contributed by atoms with Gasteiger partial charge in [-0.1, -0.05) is 12.1 Å². The number of imidazole rings is 1. The Hall–Kier alpha value is -4.07. The highest BCUT2D eigenvalue weighted by atomic mass is 19.1. The summed E-state index contributed by atoms with van der Waals surface area (Å²) in [6.07, 6.45) is 5.28. The molecule has 2 aromatic carbocycles. The molecule has 0 fully saturated rings.